The molecular formula is C14H9BrClIO3. The van der Waals surface area contributed by atoms with E-state index in [1.807, 2.05) is 18.2 Å². The summed E-state index contributed by atoms with van der Waals surface area (Å²) < 4.78 is 7.64. The highest BCUT2D eigenvalue weighted by Gasteiger charge is 2.10. The van der Waals surface area contributed by atoms with Crippen molar-refractivity contribution >= 4 is 56.4 Å². The quantitative estimate of drug-likeness (QED) is 0.519. The number of ether oxygens (including phenoxy) is 1. The van der Waals surface area contributed by atoms with Gasteiger partial charge in [-0.25, -0.2) is 0 Å². The molecule has 6 heteroatoms. The number of aldehydes is 1. The topological polar surface area (TPSA) is 46.5 Å². The van der Waals surface area contributed by atoms with Gasteiger partial charge in [0.25, 0.3) is 0 Å². The lowest BCUT2D eigenvalue weighted by Gasteiger charge is -2.11. The summed E-state index contributed by atoms with van der Waals surface area (Å²) in [7, 11) is 0. The lowest BCUT2D eigenvalue weighted by atomic mass is 10.2. The van der Waals surface area contributed by atoms with Gasteiger partial charge in [-0.15, -0.1) is 0 Å². The van der Waals surface area contributed by atoms with Crippen molar-refractivity contribution in [3.05, 3.63) is 54.5 Å². The van der Waals surface area contributed by atoms with Crippen LogP contribution in [0.4, 0.5) is 0 Å². The Labute approximate surface area is 143 Å². The molecule has 0 heterocycles. The first-order valence-electron chi connectivity index (χ1n) is 5.56. The fraction of sp³-hybridized carbons (Fsp3) is 0.0714. The van der Waals surface area contributed by atoms with Crippen molar-refractivity contribution in [2.24, 2.45) is 0 Å². The summed E-state index contributed by atoms with van der Waals surface area (Å²) in [4.78, 5) is 10.7. The summed E-state index contributed by atoms with van der Waals surface area (Å²) in [5.41, 5.74) is 1.10. The molecule has 0 atom stereocenters. The number of halogens is 3. The van der Waals surface area contributed by atoms with E-state index >= 15 is 0 Å². The predicted molar refractivity (Wildman–Crippen MR) is 89.7 cm³/mol. The zero-order chi connectivity index (χ0) is 14.7. The molecule has 0 unspecified atom stereocenters. The van der Waals surface area contributed by atoms with Gasteiger partial charge in [0.2, 0.25) is 0 Å². The Hall–Kier alpha value is -0.790. The Balaban J connectivity index is 2.21. The molecule has 0 aromatic heterocycles. The highest BCUT2D eigenvalue weighted by atomic mass is 127. The minimum atomic E-state index is -0.152. The van der Waals surface area contributed by atoms with Gasteiger partial charge in [-0.3, -0.25) is 4.79 Å². The van der Waals surface area contributed by atoms with Gasteiger partial charge < -0.3 is 9.84 Å². The smallest absolute Gasteiger partial charge is 0.153 e. The number of hydrogen-bond donors (Lipinski definition) is 1. The molecular weight excluding hydrogens is 458 g/mol. The van der Waals surface area contributed by atoms with E-state index in [1.165, 1.54) is 12.1 Å². The Morgan fingerprint density at radius 2 is 2.15 bits per heavy atom. The van der Waals surface area contributed by atoms with Gasteiger partial charge in [-0.2, -0.15) is 0 Å². The maximum atomic E-state index is 10.7. The lowest BCUT2D eigenvalue weighted by Crippen LogP contribution is -1.98. The number of phenolic OH excluding ortho intramolecular Hbond substituents is 1. The van der Waals surface area contributed by atoms with Crippen molar-refractivity contribution in [1.82, 2.24) is 0 Å². The first-order valence-corrected chi connectivity index (χ1v) is 7.81. The zero-order valence-electron chi connectivity index (χ0n) is 10.1. The highest BCUT2D eigenvalue weighted by molar-refractivity contribution is 14.1. The molecule has 0 fully saturated rings. The zero-order valence-corrected chi connectivity index (χ0v) is 14.6. The predicted octanol–water partition coefficient (Wildman–Crippen LogP) is 4.80. The summed E-state index contributed by atoms with van der Waals surface area (Å²) in [6.45, 7) is 0.303. The van der Waals surface area contributed by atoms with Crippen LogP contribution < -0.4 is 4.74 Å². The SMILES string of the molecule is O=Cc1cc(Cl)c(OCc2cccc(I)c2Br)cc1O. The molecule has 0 aliphatic carbocycles. The second kappa shape index (κ2) is 6.78. The standard InChI is InChI=1S/C14H9BrClIO3/c15-14-8(2-1-3-11(14)17)7-20-13-5-12(19)9(6-18)4-10(13)16/h1-6,19H,7H2. The molecule has 1 N–H and O–H groups in total. The fourth-order valence-electron chi connectivity index (χ4n) is 1.58. The molecule has 2 aromatic carbocycles. The summed E-state index contributed by atoms with van der Waals surface area (Å²) >= 11 is 11.7. The lowest BCUT2D eigenvalue weighted by molar-refractivity contribution is 0.112. The van der Waals surface area contributed by atoms with Crippen molar-refractivity contribution < 1.29 is 14.6 Å². The Morgan fingerprint density at radius 1 is 1.40 bits per heavy atom. The van der Waals surface area contributed by atoms with Crippen molar-refractivity contribution in [3.8, 4) is 11.5 Å². The average Bonchev–Trinajstić information content (AvgIpc) is 2.43. The van der Waals surface area contributed by atoms with E-state index in [2.05, 4.69) is 38.5 Å². The minimum Gasteiger partial charge on any atom is -0.507 e. The monoisotopic (exact) mass is 466 g/mol. The maximum absolute atomic E-state index is 10.7. The van der Waals surface area contributed by atoms with Crippen LogP contribution in [0.1, 0.15) is 15.9 Å². The molecule has 2 aromatic rings. The van der Waals surface area contributed by atoms with Gasteiger partial charge in [0.05, 0.1) is 10.6 Å². The van der Waals surface area contributed by atoms with Crippen LogP contribution in [-0.2, 0) is 6.61 Å². The maximum Gasteiger partial charge on any atom is 0.153 e. The third kappa shape index (κ3) is 3.45. The summed E-state index contributed by atoms with van der Waals surface area (Å²) in [6, 6.07) is 8.56. The first kappa shape index (κ1) is 15.6. The van der Waals surface area contributed by atoms with Crippen LogP contribution in [0.3, 0.4) is 0 Å². The van der Waals surface area contributed by atoms with E-state index in [-0.39, 0.29) is 16.3 Å². The molecule has 0 bridgehead atoms. The van der Waals surface area contributed by atoms with Gasteiger partial charge in [-0.05, 0) is 50.7 Å². The van der Waals surface area contributed by atoms with Crippen LogP contribution >= 0.6 is 50.1 Å². The number of benzene rings is 2. The van der Waals surface area contributed by atoms with E-state index in [0.717, 1.165) is 13.6 Å². The molecule has 0 amide bonds. The molecule has 0 aliphatic heterocycles. The molecule has 3 nitrogen and oxygen atoms in total. The van der Waals surface area contributed by atoms with E-state index in [9.17, 15) is 9.90 Å². The molecule has 0 saturated carbocycles. The van der Waals surface area contributed by atoms with Crippen molar-refractivity contribution in [2.45, 2.75) is 6.61 Å². The van der Waals surface area contributed by atoms with Gasteiger partial charge in [-0.1, -0.05) is 23.7 Å². The minimum absolute atomic E-state index is 0.137. The van der Waals surface area contributed by atoms with Crippen LogP contribution in [0, 0.1) is 3.57 Å². The normalized spacial score (nSPS) is 10.3. The summed E-state index contributed by atoms with van der Waals surface area (Å²) in [6.07, 6.45) is 0.543. The molecule has 2 rings (SSSR count). The van der Waals surface area contributed by atoms with Crippen molar-refractivity contribution in [2.75, 3.05) is 0 Å². The van der Waals surface area contributed by atoms with E-state index < -0.39 is 0 Å². The second-order valence-electron chi connectivity index (χ2n) is 3.96. The number of hydrogen-bond acceptors (Lipinski definition) is 3. The molecule has 0 saturated heterocycles. The number of rotatable bonds is 4. The fourth-order valence-corrected chi connectivity index (χ4v) is 2.74. The number of aromatic hydroxyl groups is 1. The Bertz CT molecular complexity index is 661. The molecule has 0 radical (unpaired) electrons. The van der Waals surface area contributed by atoms with Crippen molar-refractivity contribution in [3.63, 3.8) is 0 Å². The van der Waals surface area contributed by atoms with Crippen LogP contribution in [0.25, 0.3) is 0 Å². The molecule has 0 spiro atoms. The van der Waals surface area contributed by atoms with E-state index in [4.69, 9.17) is 16.3 Å². The van der Waals surface area contributed by atoms with E-state index in [1.54, 1.807) is 0 Å². The van der Waals surface area contributed by atoms with Gasteiger partial charge in [0, 0.05) is 19.7 Å². The average molecular weight is 467 g/mol. The summed E-state index contributed by atoms with van der Waals surface area (Å²) in [5.74, 6) is 0.182. The van der Waals surface area contributed by atoms with E-state index in [0.29, 0.717) is 18.6 Å². The second-order valence-corrected chi connectivity index (χ2v) is 6.32. The highest BCUT2D eigenvalue weighted by Crippen LogP contribution is 2.32. The molecule has 20 heavy (non-hydrogen) atoms. The van der Waals surface area contributed by atoms with Gasteiger partial charge >= 0.3 is 0 Å². The van der Waals surface area contributed by atoms with Crippen molar-refractivity contribution in [1.29, 1.82) is 0 Å². The molecule has 104 valence electrons. The number of carbonyl (C=O) groups is 1. The van der Waals surface area contributed by atoms with Crippen LogP contribution in [0.2, 0.25) is 5.02 Å². The van der Waals surface area contributed by atoms with Crippen LogP contribution in [0.15, 0.2) is 34.8 Å². The number of carbonyl (C=O) groups excluding carboxylic acids is 1. The Morgan fingerprint density at radius 3 is 2.85 bits per heavy atom. The third-order valence-corrected chi connectivity index (χ3v) is 5.49. The van der Waals surface area contributed by atoms with Gasteiger partial charge in [0.15, 0.2) is 6.29 Å². The third-order valence-electron chi connectivity index (χ3n) is 2.62. The molecule has 0 aliphatic rings. The number of phenols is 1. The summed E-state index contributed by atoms with van der Waals surface area (Å²) in [5, 5.41) is 9.92. The Kier molecular flexibility index (Phi) is 5.29. The first-order chi connectivity index (χ1) is 9.52. The van der Waals surface area contributed by atoms with Gasteiger partial charge in [0.1, 0.15) is 18.1 Å². The van der Waals surface area contributed by atoms with Crippen LogP contribution in [0.5, 0.6) is 11.5 Å². The van der Waals surface area contributed by atoms with Crippen LogP contribution in [-0.4, -0.2) is 11.4 Å². The largest absolute Gasteiger partial charge is 0.507 e.